The number of nitrogens with zero attached hydrogens (tertiary/aromatic N) is 5. The molecule has 0 bridgehead atoms. The molecule has 3 aliphatic rings. The minimum absolute atomic E-state index is 0.0532. The summed E-state index contributed by atoms with van der Waals surface area (Å²) in [6.45, 7) is 2.42. The van der Waals surface area contributed by atoms with Crippen molar-refractivity contribution < 1.29 is 9.59 Å². The van der Waals surface area contributed by atoms with Gasteiger partial charge in [-0.3, -0.25) is 9.59 Å². The van der Waals surface area contributed by atoms with Gasteiger partial charge in [0.2, 0.25) is 11.8 Å². The second-order valence-corrected chi connectivity index (χ2v) is 7.52. The number of rotatable bonds is 3. The molecule has 7 heteroatoms. The Bertz CT molecular complexity index is 611. The van der Waals surface area contributed by atoms with E-state index in [0.29, 0.717) is 25.0 Å². The van der Waals surface area contributed by atoms with Crippen LogP contribution >= 0.6 is 0 Å². The SMILES string of the molecule is O=C(Cn1cnnc1)N1CC[C@@]2(CCCN(C3CCCC3)C2=O)C1. The molecular formula is C17H25N5O2. The van der Waals surface area contributed by atoms with Crippen molar-refractivity contribution in [1.29, 1.82) is 0 Å². The van der Waals surface area contributed by atoms with Crippen molar-refractivity contribution in [3.8, 4) is 0 Å². The molecule has 1 aliphatic carbocycles. The Kier molecular flexibility index (Phi) is 4.02. The fourth-order valence-electron chi connectivity index (χ4n) is 4.69. The van der Waals surface area contributed by atoms with Crippen molar-refractivity contribution in [3.63, 3.8) is 0 Å². The molecule has 2 amide bonds. The molecule has 1 saturated carbocycles. The number of likely N-dealkylation sites (tertiary alicyclic amines) is 2. The highest BCUT2D eigenvalue weighted by Gasteiger charge is 2.50. The summed E-state index contributed by atoms with van der Waals surface area (Å²) in [6.07, 6.45) is 10.7. The zero-order valence-electron chi connectivity index (χ0n) is 14.1. The largest absolute Gasteiger partial charge is 0.340 e. The third-order valence-electron chi connectivity index (χ3n) is 6.03. The summed E-state index contributed by atoms with van der Waals surface area (Å²) in [4.78, 5) is 29.7. The Morgan fingerprint density at radius 1 is 1.12 bits per heavy atom. The highest BCUT2D eigenvalue weighted by atomic mass is 16.2. The molecule has 1 aromatic rings. The van der Waals surface area contributed by atoms with E-state index in [9.17, 15) is 9.59 Å². The minimum atomic E-state index is -0.330. The van der Waals surface area contributed by atoms with Crippen LogP contribution in [0.3, 0.4) is 0 Å². The van der Waals surface area contributed by atoms with Crippen molar-refractivity contribution in [2.24, 2.45) is 5.41 Å². The van der Waals surface area contributed by atoms with E-state index >= 15 is 0 Å². The van der Waals surface area contributed by atoms with Gasteiger partial charge in [0.1, 0.15) is 19.2 Å². The van der Waals surface area contributed by atoms with Gasteiger partial charge >= 0.3 is 0 Å². The van der Waals surface area contributed by atoms with Crippen LogP contribution in [0.25, 0.3) is 0 Å². The number of hydrogen-bond acceptors (Lipinski definition) is 4. The van der Waals surface area contributed by atoms with Gasteiger partial charge in [-0.2, -0.15) is 0 Å². The van der Waals surface area contributed by atoms with E-state index in [4.69, 9.17) is 0 Å². The monoisotopic (exact) mass is 331 g/mol. The van der Waals surface area contributed by atoms with E-state index in [1.807, 2.05) is 4.90 Å². The van der Waals surface area contributed by atoms with Gasteiger partial charge in [-0.1, -0.05) is 12.8 Å². The molecule has 0 unspecified atom stereocenters. The van der Waals surface area contributed by atoms with E-state index in [1.54, 1.807) is 17.2 Å². The maximum absolute atomic E-state index is 13.2. The summed E-state index contributed by atoms with van der Waals surface area (Å²) in [5.74, 6) is 0.359. The molecule has 3 fully saturated rings. The summed E-state index contributed by atoms with van der Waals surface area (Å²) in [5.41, 5.74) is -0.330. The lowest BCUT2D eigenvalue weighted by atomic mass is 9.77. The Morgan fingerprint density at radius 2 is 1.88 bits per heavy atom. The second-order valence-electron chi connectivity index (χ2n) is 7.52. The smallest absolute Gasteiger partial charge is 0.242 e. The lowest BCUT2D eigenvalue weighted by molar-refractivity contribution is -0.148. The number of carbonyl (C=O) groups is 2. The van der Waals surface area contributed by atoms with E-state index in [2.05, 4.69) is 15.1 Å². The maximum Gasteiger partial charge on any atom is 0.242 e. The fraction of sp³-hybridized carbons (Fsp3) is 0.765. The van der Waals surface area contributed by atoms with Crippen LogP contribution in [0.1, 0.15) is 44.9 Å². The third-order valence-corrected chi connectivity index (χ3v) is 6.03. The topological polar surface area (TPSA) is 71.3 Å². The summed E-state index contributed by atoms with van der Waals surface area (Å²) >= 11 is 0. The fourth-order valence-corrected chi connectivity index (χ4v) is 4.69. The van der Waals surface area contributed by atoms with Crippen LogP contribution in [0.2, 0.25) is 0 Å². The average Bonchev–Trinajstić information content (AvgIpc) is 3.32. The maximum atomic E-state index is 13.2. The first-order valence-electron chi connectivity index (χ1n) is 9.09. The minimum Gasteiger partial charge on any atom is -0.340 e. The van der Waals surface area contributed by atoms with Crippen LogP contribution in [0.4, 0.5) is 0 Å². The zero-order valence-corrected chi connectivity index (χ0v) is 14.1. The molecule has 0 aromatic carbocycles. The lowest BCUT2D eigenvalue weighted by Crippen LogP contribution is -2.53. The number of amides is 2. The normalized spacial score (nSPS) is 28.2. The Balaban J connectivity index is 1.43. The van der Waals surface area contributed by atoms with E-state index in [0.717, 1.165) is 38.6 Å². The molecule has 3 heterocycles. The third kappa shape index (κ3) is 2.70. The van der Waals surface area contributed by atoms with Crippen LogP contribution in [-0.2, 0) is 16.1 Å². The number of piperidine rings is 1. The molecule has 0 radical (unpaired) electrons. The second kappa shape index (κ2) is 6.18. The van der Waals surface area contributed by atoms with Gasteiger partial charge in [0.05, 0.1) is 5.41 Å². The summed E-state index contributed by atoms with van der Waals surface area (Å²) < 4.78 is 1.68. The first-order valence-corrected chi connectivity index (χ1v) is 9.09. The molecule has 1 aromatic heterocycles. The zero-order chi connectivity index (χ0) is 16.6. The van der Waals surface area contributed by atoms with E-state index in [1.165, 1.54) is 12.8 Å². The molecule has 1 spiro atoms. The Labute approximate surface area is 142 Å². The van der Waals surface area contributed by atoms with Crippen molar-refractivity contribution >= 4 is 11.8 Å². The lowest BCUT2D eigenvalue weighted by Gasteiger charge is -2.42. The van der Waals surface area contributed by atoms with Gasteiger partial charge in [0, 0.05) is 25.7 Å². The van der Waals surface area contributed by atoms with Gasteiger partial charge in [0.25, 0.3) is 0 Å². The molecule has 0 N–H and O–H groups in total. The number of carbonyl (C=O) groups excluding carboxylic acids is 2. The Hall–Kier alpha value is -1.92. The van der Waals surface area contributed by atoms with Gasteiger partial charge in [0.15, 0.2) is 0 Å². The van der Waals surface area contributed by atoms with Crippen molar-refractivity contribution in [3.05, 3.63) is 12.7 Å². The average molecular weight is 331 g/mol. The van der Waals surface area contributed by atoms with Crippen LogP contribution in [0.15, 0.2) is 12.7 Å². The highest BCUT2D eigenvalue weighted by molar-refractivity contribution is 5.86. The molecule has 2 aliphatic heterocycles. The summed E-state index contributed by atoms with van der Waals surface area (Å²) in [6, 6.07) is 0.441. The Morgan fingerprint density at radius 3 is 2.62 bits per heavy atom. The van der Waals surface area contributed by atoms with Crippen LogP contribution in [0, 0.1) is 5.41 Å². The summed E-state index contributed by atoms with van der Waals surface area (Å²) in [5, 5.41) is 7.47. The van der Waals surface area contributed by atoms with E-state index in [-0.39, 0.29) is 17.9 Å². The molecule has 7 nitrogen and oxygen atoms in total. The van der Waals surface area contributed by atoms with Crippen molar-refractivity contribution in [1.82, 2.24) is 24.6 Å². The highest BCUT2D eigenvalue weighted by Crippen LogP contribution is 2.42. The number of hydrogen-bond donors (Lipinski definition) is 0. The molecule has 24 heavy (non-hydrogen) atoms. The molecule has 1 atom stereocenters. The number of aromatic nitrogens is 3. The van der Waals surface area contributed by atoms with Gasteiger partial charge in [-0.25, -0.2) is 0 Å². The van der Waals surface area contributed by atoms with Gasteiger partial charge < -0.3 is 14.4 Å². The van der Waals surface area contributed by atoms with Gasteiger partial charge in [-0.15, -0.1) is 10.2 Å². The summed E-state index contributed by atoms with van der Waals surface area (Å²) in [7, 11) is 0. The molecular weight excluding hydrogens is 306 g/mol. The first-order chi connectivity index (χ1) is 11.7. The van der Waals surface area contributed by atoms with Crippen molar-refractivity contribution in [2.75, 3.05) is 19.6 Å². The van der Waals surface area contributed by atoms with E-state index < -0.39 is 0 Å². The standard InChI is InChI=1S/C17H25N5O2/c23-15(10-20-12-18-19-13-20)21-9-7-17(11-21)6-3-8-22(16(17)24)14-4-1-2-5-14/h12-14H,1-11H2/t17-/m0/s1. The van der Waals surface area contributed by atoms with Gasteiger partial charge in [-0.05, 0) is 32.1 Å². The van der Waals surface area contributed by atoms with Crippen molar-refractivity contribution in [2.45, 2.75) is 57.5 Å². The predicted molar refractivity (Wildman–Crippen MR) is 86.9 cm³/mol. The van der Waals surface area contributed by atoms with Crippen LogP contribution in [0.5, 0.6) is 0 Å². The molecule has 2 saturated heterocycles. The first kappa shape index (κ1) is 15.6. The molecule has 4 rings (SSSR count). The predicted octanol–water partition coefficient (Wildman–Crippen LogP) is 1.06. The van der Waals surface area contributed by atoms with Crippen LogP contribution in [-0.4, -0.2) is 62.1 Å². The van der Waals surface area contributed by atoms with Crippen LogP contribution < -0.4 is 0 Å². The quantitative estimate of drug-likeness (QED) is 0.830. The molecule has 130 valence electrons.